The monoisotopic (exact) mass is 292 g/mol. The second kappa shape index (κ2) is 4.83. The lowest BCUT2D eigenvalue weighted by molar-refractivity contribution is 0.362. The Morgan fingerprint density at radius 3 is 2.68 bits per heavy atom. The SMILES string of the molecule is CCc1c[nH]c2ncnc(N3CC(C)(c4ccccc4)C3)c12. The summed E-state index contributed by atoms with van der Waals surface area (Å²) in [4.78, 5) is 14.5. The van der Waals surface area contributed by atoms with Gasteiger partial charge in [-0.1, -0.05) is 44.2 Å². The van der Waals surface area contributed by atoms with E-state index < -0.39 is 0 Å². The molecule has 4 rings (SSSR count). The zero-order valence-corrected chi connectivity index (χ0v) is 13.0. The number of benzene rings is 1. The van der Waals surface area contributed by atoms with Crippen LogP contribution in [0.3, 0.4) is 0 Å². The Bertz CT molecular complexity index is 800. The van der Waals surface area contributed by atoms with Gasteiger partial charge in [-0.3, -0.25) is 0 Å². The molecule has 1 aliphatic heterocycles. The molecule has 112 valence electrons. The normalized spacial score (nSPS) is 16.7. The molecule has 0 atom stereocenters. The van der Waals surface area contributed by atoms with Gasteiger partial charge in [-0.15, -0.1) is 0 Å². The van der Waals surface area contributed by atoms with Crippen molar-refractivity contribution >= 4 is 16.9 Å². The van der Waals surface area contributed by atoms with Crippen molar-refractivity contribution in [2.45, 2.75) is 25.7 Å². The van der Waals surface area contributed by atoms with Crippen LogP contribution in [0, 0.1) is 0 Å². The third-order valence-corrected chi connectivity index (χ3v) is 4.76. The first kappa shape index (κ1) is 13.3. The molecule has 0 unspecified atom stereocenters. The van der Waals surface area contributed by atoms with Gasteiger partial charge in [-0.05, 0) is 17.5 Å². The van der Waals surface area contributed by atoms with Crippen molar-refractivity contribution in [2.75, 3.05) is 18.0 Å². The standard InChI is InChI=1S/C18H20N4/c1-3-13-9-19-16-15(13)17(21-12-20-16)22-10-18(2,11-22)14-7-5-4-6-8-14/h4-9,12H,3,10-11H2,1-2H3,(H,19,20,21). The largest absolute Gasteiger partial charge is 0.354 e. The van der Waals surface area contributed by atoms with Crippen molar-refractivity contribution in [3.63, 3.8) is 0 Å². The summed E-state index contributed by atoms with van der Waals surface area (Å²) in [5.74, 6) is 1.07. The van der Waals surface area contributed by atoms with Gasteiger partial charge in [-0.25, -0.2) is 9.97 Å². The molecule has 4 heteroatoms. The van der Waals surface area contributed by atoms with E-state index in [0.29, 0.717) is 0 Å². The minimum atomic E-state index is 0.210. The highest BCUT2D eigenvalue weighted by Crippen LogP contribution is 2.39. The van der Waals surface area contributed by atoms with Crippen molar-refractivity contribution in [1.29, 1.82) is 0 Å². The Morgan fingerprint density at radius 2 is 1.95 bits per heavy atom. The van der Waals surface area contributed by atoms with Crippen molar-refractivity contribution in [1.82, 2.24) is 15.0 Å². The molecule has 0 saturated carbocycles. The maximum atomic E-state index is 4.56. The number of nitrogens with zero attached hydrogens (tertiary/aromatic N) is 3. The van der Waals surface area contributed by atoms with Crippen LogP contribution in [0.5, 0.6) is 0 Å². The minimum absolute atomic E-state index is 0.210. The number of fused-ring (bicyclic) bond motifs is 1. The van der Waals surface area contributed by atoms with Crippen LogP contribution in [0.1, 0.15) is 25.0 Å². The number of aromatic nitrogens is 3. The highest BCUT2D eigenvalue weighted by Gasteiger charge is 2.41. The van der Waals surface area contributed by atoms with E-state index >= 15 is 0 Å². The van der Waals surface area contributed by atoms with Crippen molar-refractivity contribution < 1.29 is 0 Å². The van der Waals surface area contributed by atoms with Crippen LogP contribution in [0.15, 0.2) is 42.9 Å². The maximum Gasteiger partial charge on any atom is 0.143 e. The van der Waals surface area contributed by atoms with Gasteiger partial charge in [0.1, 0.15) is 17.8 Å². The van der Waals surface area contributed by atoms with Crippen LogP contribution in [0.4, 0.5) is 5.82 Å². The molecule has 22 heavy (non-hydrogen) atoms. The predicted molar refractivity (Wildman–Crippen MR) is 89.3 cm³/mol. The van der Waals surface area contributed by atoms with E-state index in [-0.39, 0.29) is 5.41 Å². The lowest BCUT2D eigenvalue weighted by Gasteiger charge is -2.49. The summed E-state index contributed by atoms with van der Waals surface area (Å²) >= 11 is 0. The fraction of sp³-hybridized carbons (Fsp3) is 0.333. The van der Waals surface area contributed by atoms with Crippen LogP contribution in [-0.2, 0) is 11.8 Å². The van der Waals surface area contributed by atoms with Crippen LogP contribution in [0.25, 0.3) is 11.0 Å². The highest BCUT2D eigenvalue weighted by molar-refractivity contribution is 5.91. The van der Waals surface area contributed by atoms with E-state index in [1.165, 1.54) is 16.5 Å². The molecule has 0 bridgehead atoms. The van der Waals surface area contributed by atoms with Crippen LogP contribution >= 0.6 is 0 Å². The zero-order valence-electron chi connectivity index (χ0n) is 13.0. The predicted octanol–water partition coefficient (Wildman–Crippen LogP) is 3.30. The Labute approximate surface area is 130 Å². The fourth-order valence-electron chi connectivity index (χ4n) is 3.50. The van der Waals surface area contributed by atoms with Gasteiger partial charge in [0, 0.05) is 24.7 Å². The fourth-order valence-corrected chi connectivity index (χ4v) is 3.50. The Kier molecular flexibility index (Phi) is 2.93. The molecule has 3 aromatic rings. The van der Waals surface area contributed by atoms with Gasteiger partial charge in [0.2, 0.25) is 0 Å². The van der Waals surface area contributed by atoms with Gasteiger partial charge < -0.3 is 9.88 Å². The molecular weight excluding hydrogens is 272 g/mol. The minimum Gasteiger partial charge on any atom is -0.354 e. The number of aryl methyl sites for hydroxylation is 1. The van der Waals surface area contributed by atoms with E-state index in [2.05, 4.69) is 70.2 Å². The van der Waals surface area contributed by atoms with Crippen molar-refractivity contribution in [2.24, 2.45) is 0 Å². The summed E-state index contributed by atoms with van der Waals surface area (Å²) in [5, 5.41) is 1.18. The summed E-state index contributed by atoms with van der Waals surface area (Å²) in [6.07, 6.45) is 4.70. The van der Waals surface area contributed by atoms with Crippen LogP contribution in [0.2, 0.25) is 0 Å². The number of rotatable bonds is 3. The first-order valence-electron chi connectivity index (χ1n) is 7.83. The summed E-state index contributed by atoms with van der Waals surface area (Å²) < 4.78 is 0. The van der Waals surface area contributed by atoms with E-state index in [9.17, 15) is 0 Å². The molecule has 0 spiro atoms. The van der Waals surface area contributed by atoms with Gasteiger partial charge in [0.25, 0.3) is 0 Å². The van der Waals surface area contributed by atoms with Gasteiger partial charge >= 0.3 is 0 Å². The average Bonchev–Trinajstić information content (AvgIpc) is 2.96. The maximum absolute atomic E-state index is 4.56. The summed E-state index contributed by atoms with van der Waals surface area (Å²) in [6.45, 7) is 6.49. The lowest BCUT2D eigenvalue weighted by Crippen LogP contribution is -2.58. The second-order valence-electron chi connectivity index (χ2n) is 6.37. The number of aromatic amines is 1. The topological polar surface area (TPSA) is 44.8 Å². The van der Waals surface area contributed by atoms with E-state index in [4.69, 9.17) is 0 Å². The quantitative estimate of drug-likeness (QED) is 0.805. The molecule has 0 aliphatic carbocycles. The first-order chi connectivity index (χ1) is 10.7. The van der Waals surface area contributed by atoms with Gasteiger partial charge in [0.05, 0.1) is 5.39 Å². The summed E-state index contributed by atoms with van der Waals surface area (Å²) in [7, 11) is 0. The summed E-state index contributed by atoms with van der Waals surface area (Å²) in [5.41, 5.74) is 3.84. The van der Waals surface area contributed by atoms with Gasteiger partial charge in [-0.2, -0.15) is 0 Å². The van der Waals surface area contributed by atoms with E-state index in [1.807, 2.05) is 0 Å². The molecule has 1 N–H and O–H groups in total. The smallest absolute Gasteiger partial charge is 0.143 e. The molecule has 1 fully saturated rings. The third-order valence-electron chi connectivity index (χ3n) is 4.76. The number of hydrogen-bond donors (Lipinski definition) is 1. The van der Waals surface area contributed by atoms with E-state index in [1.54, 1.807) is 6.33 Å². The summed E-state index contributed by atoms with van der Waals surface area (Å²) in [6, 6.07) is 10.8. The molecular formula is C18H20N4. The molecule has 4 nitrogen and oxygen atoms in total. The Morgan fingerprint density at radius 1 is 1.18 bits per heavy atom. The Hall–Kier alpha value is -2.36. The van der Waals surface area contributed by atoms with Gasteiger partial charge in [0.15, 0.2) is 0 Å². The van der Waals surface area contributed by atoms with E-state index in [0.717, 1.165) is 31.0 Å². The Balaban J connectivity index is 1.67. The number of H-pyrrole nitrogens is 1. The van der Waals surface area contributed by atoms with Crippen molar-refractivity contribution in [3.05, 3.63) is 54.0 Å². The van der Waals surface area contributed by atoms with Crippen LogP contribution < -0.4 is 4.90 Å². The molecule has 0 radical (unpaired) electrons. The number of hydrogen-bond acceptors (Lipinski definition) is 3. The van der Waals surface area contributed by atoms with Crippen LogP contribution in [-0.4, -0.2) is 28.0 Å². The van der Waals surface area contributed by atoms with Crippen molar-refractivity contribution in [3.8, 4) is 0 Å². The molecule has 1 aromatic carbocycles. The highest BCUT2D eigenvalue weighted by atomic mass is 15.3. The third kappa shape index (κ3) is 1.90. The molecule has 2 aromatic heterocycles. The second-order valence-corrected chi connectivity index (χ2v) is 6.37. The lowest BCUT2D eigenvalue weighted by atomic mass is 9.75. The molecule has 1 saturated heterocycles. The molecule has 1 aliphatic rings. The number of anilines is 1. The average molecular weight is 292 g/mol. The molecule has 0 amide bonds. The number of nitrogens with one attached hydrogen (secondary N) is 1. The zero-order chi connectivity index (χ0) is 15.2. The molecule has 3 heterocycles. The first-order valence-corrected chi connectivity index (χ1v) is 7.83.